The Labute approximate surface area is 138 Å². The second-order valence-electron chi connectivity index (χ2n) is 5.23. The van der Waals surface area contributed by atoms with Crippen molar-refractivity contribution in [2.75, 3.05) is 0 Å². The number of carbonyl (C=O) groups excluding carboxylic acids is 1. The lowest BCUT2D eigenvalue weighted by molar-refractivity contribution is 0.0948. The van der Waals surface area contributed by atoms with E-state index in [2.05, 4.69) is 15.5 Å². The standard InChI is InChI=1S/C17H15ClN4O/c1-11-3-5-13(6-4-11)9-19-21-17(23)16-12(2)20-15-8-7-14(18)10-22(15)16/h3-10H,1-2H3,(H,21,23)/b19-9-. The molecular weight excluding hydrogens is 312 g/mol. The molecule has 2 heterocycles. The third-order valence-electron chi connectivity index (χ3n) is 3.43. The summed E-state index contributed by atoms with van der Waals surface area (Å²) in [5.41, 5.74) is 6.32. The van der Waals surface area contributed by atoms with Crippen molar-refractivity contribution < 1.29 is 4.79 Å². The molecule has 1 aromatic carbocycles. The van der Waals surface area contributed by atoms with Gasteiger partial charge in [-0.25, -0.2) is 10.4 Å². The maximum Gasteiger partial charge on any atom is 0.290 e. The van der Waals surface area contributed by atoms with Crippen LogP contribution in [0.2, 0.25) is 5.02 Å². The summed E-state index contributed by atoms with van der Waals surface area (Å²) in [6.45, 7) is 3.79. The average Bonchev–Trinajstić information content (AvgIpc) is 2.84. The molecule has 0 unspecified atom stereocenters. The highest BCUT2D eigenvalue weighted by atomic mass is 35.5. The fourth-order valence-corrected chi connectivity index (χ4v) is 2.44. The molecule has 116 valence electrons. The summed E-state index contributed by atoms with van der Waals surface area (Å²) in [6, 6.07) is 11.3. The molecule has 0 radical (unpaired) electrons. The Morgan fingerprint density at radius 1 is 1.22 bits per heavy atom. The minimum atomic E-state index is -0.333. The first kappa shape index (κ1) is 15.2. The second-order valence-corrected chi connectivity index (χ2v) is 5.67. The molecule has 0 fully saturated rings. The monoisotopic (exact) mass is 326 g/mol. The molecule has 2 aromatic heterocycles. The summed E-state index contributed by atoms with van der Waals surface area (Å²) in [7, 11) is 0. The lowest BCUT2D eigenvalue weighted by Crippen LogP contribution is -2.20. The van der Waals surface area contributed by atoms with Crippen LogP contribution in [-0.2, 0) is 0 Å². The number of fused-ring (bicyclic) bond motifs is 1. The molecule has 1 amide bonds. The van der Waals surface area contributed by atoms with Gasteiger partial charge in [-0.3, -0.25) is 9.20 Å². The smallest absolute Gasteiger partial charge is 0.290 e. The molecule has 0 atom stereocenters. The molecule has 6 heteroatoms. The maximum atomic E-state index is 12.4. The first-order valence-corrected chi connectivity index (χ1v) is 7.46. The topological polar surface area (TPSA) is 58.8 Å². The van der Waals surface area contributed by atoms with Crippen LogP contribution in [0.5, 0.6) is 0 Å². The van der Waals surface area contributed by atoms with Gasteiger partial charge >= 0.3 is 0 Å². The predicted octanol–water partition coefficient (Wildman–Crippen LogP) is 3.37. The van der Waals surface area contributed by atoms with Crippen LogP contribution in [0.15, 0.2) is 47.7 Å². The summed E-state index contributed by atoms with van der Waals surface area (Å²) >= 11 is 5.99. The van der Waals surface area contributed by atoms with Gasteiger partial charge in [-0.05, 0) is 31.5 Å². The Bertz CT molecular complexity index is 897. The van der Waals surface area contributed by atoms with Gasteiger partial charge in [-0.2, -0.15) is 5.10 Å². The Hall–Kier alpha value is -2.66. The van der Waals surface area contributed by atoms with Crippen molar-refractivity contribution in [3.8, 4) is 0 Å². The summed E-state index contributed by atoms with van der Waals surface area (Å²) < 4.78 is 1.66. The van der Waals surface area contributed by atoms with Crippen LogP contribution in [0.3, 0.4) is 0 Å². The van der Waals surface area contributed by atoms with Crippen LogP contribution in [0.25, 0.3) is 5.65 Å². The Kier molecular flexibility index (Phi) is 4.12. The summed E-state index contributed by atoms with van der Waals surface area (Å²) in [5, 5.41) is 4.53. The van der Waals surface area contributed by atoms with Gasteiger partial charge in [-0.15, -0.1) is 0 Å². The molecule has 0 aliphatic carbocycles. The molecule has 0 aliphatic heterocycles. The number of aromatic nitrogens is 2. The summed E-state index contributed by atoms with van der Waals surface area (Å²) in [5.74, 6) is -0.333. The predicted molar refractivity (Wildman–Crippen MR) is 91.2 cm³/mol. The van der Waals surface area contributed by atoms with Gasteiger partial charge in [0.05, 0.1) is 16.9 Å². The fraction of sp³-hybridized carbons (Fsp3) is 0.118. The van der Waals surface area contributed by atoms with Crippen molar-refractivity contribution in [3.05, 3.63) is 70.1 Å². The van der Waals surface area contributed by atoms with E-state index in [-0.39, 0.29) is 5.91 Å². The van der Waals surface area contributed by atoms with Crippen LogP contribution in [-0.4, -0.2) is 21.5 Å². The van der Waals surface area contributed by atoms with E-state index in [0.29, 0.717) is 22.1 Å². The summed E-state index contributed by atoms with van der Waals surface area (Å²) in [4.78, 5) is 16.7. The minimum absolute atomic E-state index is 0.333. The number of aryl methyl sites for hydroxylation is 2. The molecule has 3 rings (SSSR count). The molecule has 5 nitrogen and oxygen atoms in total. The van der Waals surface area contributed by atoms with Crippen LogP contribution in [0.4, 0.5) is 0 Å². The van der Waals surface area contributed by atoms with E-state index in [9.17, 15) is 4.79 Å². The number of imidazole rings is 1. The van der Waals surface area contributed by atoms with Crippen LogP contribution < -0.4 is 5.43 Å². The van der Waals surface area contributed by atoms with Gasteiger partial charge in [0.2, 0.25) is 0 Å². The van der Waals surface area contributed by atoms with Crippen molar-refractivity contribution >= 4 is 29.4 Å². The van der Waals surface area contributed by atoms with E-state index in [1.54, 1.807) is 35.9 Å². The summed E-state index contributed by atoms with van der Waals surface area (Å²) in [6.07, 6.45) is 3.26. The van der Waals surface area contributed by atoms with E-state index >= 15 is 0 Å². The molecule has 23 heavy (non-hydrogen) atoms. The van der Waals surface area contributed by atoms with Crippen molar-refractivity contribution in [1.29, 1.82) is 0 Å². The lowest BCUT2D eigenvalue weighted by atomic mass is 10.2. The number of hydrazone groups is 1. The van der Waals surface area contributed by atoms with Crippen molar-refractivity contribution in [2.45, 2.75) is 13.8 Å². The van der Waals surface area contributed by atoms with Crippen molar-refractivity contribution in [3.63, 3.8) is 0 Å². The third kappa shape index (κ3) is 3.24. The fourth-order valence-electron chi connectivity index (χ4n) is 2.28. The van der Waals surface area contributed by atoms with Crippen LogP contribution in [0, 0.1) is 13.8 Å². The van der Waals surface area contributed by atoms with E-state index in [0.717, 1.165) is 5.56 Å². The Morgan fingerprint density at radius 3 is 2.70 bits per heavy atom. The zero-order chi connectivity index (χ0) is 16.4. The molecule has 0 aliphatic rings. The number of hydrogen-bond acceptors (Lipinski definition) is 3. The normalized spacial score (nSPS) is 11.3. The van der Waals surface area contributed by atoms with Gasteiger partial charge in [0.15, 0.2) is 0 Å². The number of carbonyl (C=O) groups is 1. The number of benzene rings is 1. The first-order chi connectivity index (χ1) is 11.0. The molecule has 0 saturated heterocycles. The van der Waals surface area contributed by atoms with E-state index in [4.69, 9.17) is 11.6 Å². The van der Waals surface area contributed by atoms with Crippen LogP contribution >= 0.6 is 11.6 Å². The molecule has 0 spiro atoms. The lowest BCUT2D eigenvalue weighted by Gasteiger charge is -2.02. The SMILES string of the molecule is Cc1ccc(/C=N\NC(=O)c2c(C)nc3ccc(Cl)cn23)cc1. The van der Waals surface area contributed by atoms with E-state index in [1.807, 2.05) is 31.2 Å². The van der Waals surface area contributed by atoms with E-state index in [1.165, 1.54) is 5.56 Å². The number of pyridine rings is 1. The third-order valence-corrected chi connectivity index (χ3v) is 3.65. The second kappa shape index (κ2) is 6.22. The van der Waals surface area contributed by atoms with Crippen molar-refractivity contribution in [2.24, 2.45) is 5.10 Å². The quantitative estimate of drug-likeness (QED) is 0.592. The maximum absolute atomic E-state index is 12.4. The van der Waals surface area contributed by atoms with Gasteiger partial charge in [0.1, 0.15) is 11.3 Å². The number of halogens is 1. The number of nitrogens with zero attached hydrogens (tertiary/aromatic N) is 3. The van der Waals surface area contributed by atoms with Crippen LogP contribution in [0.1, 0.15) is 27.3 Å². The highest BCUT2D eigenvalue weighted by Crippen LogP contribution is 2.16. The molecule has 0 saturated carbocycles. The molecule has 3 aromatic rings. The molecule has 1 N–H and O–H groups in total. The number of hydrogen-bond donors (Lipinski definition) is 1. The molecular formula is C17H15ClN4O. The average molecular weight is 327 g/mol. The van der Waals surface area contributed by atoms with Gasteiger partial charge in [0, 0.05) is 6.20 Å². The Balaban J connectivity index is 1.82. The highest BCUT2D eigenvalue weighted by Gasteiger charge is 2.16. The van der Waals surface area contributed by atoms with Gasteiger partial charge in [0.25, 0.3) is 5.91 Å². The van der Waals surface area contributed by atoms with E-state index < -0.39 is 0 Å². The highest BCUT2D eigenvalue weighted by molar-refractivity contribution is 6.30. The zero-order valence-corrected chi connectivity index (χ0v) is 13.5. The molecule has 0 bridgehead atoms. The van der Waals surface area contributed by atoms with Gasteiger partial charge in [-0.1, -0.05) is 41.4 Å². The van der Waals surface area contributed by atoms with Crippen molar-refractivity contribution in [1.82, 2.24) is 14.8 Å². The minimum Gasteiger partial charge on any atom is -0.294 e. The number of amides is 1. The van der Waals surface area contributed by atoms with Gasteiger partial charge < -0.3 is 0 Å². The first-order valence-electron chi connectivity index (χ1n) is 7.09. The Morgan fingerprint density at radius 2 is 1.96 bits per heavy atom. The number of rotatable bonds is 3. The number of nitrogens with one attached hydrogen (secondary N) is 1. The largest absolute Gasteiger partial charge is 0.294 e. The zero-order valence-electron chi connectivity index (χ0n) is 12.7.